The molecule has 4 rings (SSSR count). The van der Waals surface area contributed by atoms with E-state index < -0.39 is 0 Å². The Hall–Kier alpha value is -2.19. The summed E-state index contributed by atoms with van der Waals surface area (Å²) in [5, 5.41) is 14.1. The maximum absolute atomic E-state index is 6.49. The second-order valence-corrected chi connectivity index (χ2v) is 9.83. The summed E-state index contributed by atoms with van der Waals surface area (Å²) in [5.74, 6) is 0.854. The maximum Gasteiger partial charge on any atom is 0.183 e. The van der Waals surface area contributed by atoms with Crippen LogP contribution in [0.25, 0.3) is 11.3 Å². The second-order valence-electron chi connectivity index (χ2n) is 8.57. The monoisotopic (exact) mass is 485 g/mol. The van der Waals surface area contributed by atoms with E-state index in [1.54, 1.807) is 24.6 Å². The van der Waals surface area contributed by atoms with Crippen LogP contribution in [-0.2, 0) is 11.3 Å². The van der Waals surface area contributed by atoms with Gasteiger partial charge >= 0.3 is 0 Å². The predicted octanol–water partition coefficient (Wildman–Crippen LogP) is 5.74. The van der Waals surface area contributed by atoms with Gasteiger partial charge in [0, 0.05) is 49.4 Å². The fraction of sp³-hybridized carbons (Fsp3) is 0.440. The molecule has 1 saturated carbocycles. The third kappa shape index (κ3) is 6.90. The molecule has 2 heterocycles. The van der Waals surface area contributed by atoms with E-state index in [1.165, 1.54) is 11.1 Å². The number of methoxy groups -OCH3 is 1. The summed E-state index contributed by atoms with van der Waals surface area (Å²) in [7, 11) is 1.74. The molecule has 3 N–H and O–H groups in total. The molecule has 2 aromatic heterocycles. The number of nitrogens with zero attached hydrogens (tertiary/aromatic N) is 2. The minimum absolute atomic E-state index is 0.425. The zero-order chi connectivity index (χ0) is 23.0. The van der Waals surface area contributed by atoms with Crippen LogP contribution in [0.1, 0.15) is 36.8 Å². The Morgan fingerprint density at radius 3 is 2.64 bits per heavy atom. The fourth-order valence-corrected chi connectivity index (χ4v) is 5.00. The molecule has 0 unspecified atom stereocenters. The molecule has 1 aliphatic rings. The minimum Gasteiger partial charge on any atom is -0.383 e. The lowest BCUT2D eigenvalue weighted by Crippen LogP contribution is -2.38. The van der Waals surface area contributed by atoms with Gasteiger partial charge in [-0.05, 0) is 44.2 Å². The average molecular weight is 486 g/mol. The molecule has 0 bridgehead atoms. The first-order chi connectivity index (χ1) is 16.1. The Morgan fingerprint density at radius 2 is 1.88 bits per heavy atom. The Bertz CT molecular complexity index is 1020. The maximum atomic E-state index is 6.49. The van der Waals surface area contributed by atoms with Crippen LogP contribution in [0.3, 0.4) is 0 Å². The van der Waals surface area contributed by atoms with E-state index in [-0.39, 0.29) is 0 Å². The van der Waals surface area contributed by atoms with Gasteiger partial charge in [0.05, 0.1) is 17.3 Å². The number of aromatic nitrogens is 2. The van der Waals surface area contributed by atoms with Crippen LogP contribution in [0.5, 0.6) is 0 Å². The number of halogens is 1. The van der Waals surface area contributed by atoms with Gasteiger partial charge in [0.2, 0.25) is 0 Å². The molecule has 1 fully saturated rings. The molecule has 8 heteroatoms. The first-order valence-corrected chi connectivity index (χ1v) is 12.8. The van der Waals surface area contributed by atoms with E-state index in [1.807, 2.05) is 11.4 Å². The SMILES string of the molecule is COCCNC1CCC(Nc2cc(-c3csc(NCc4ccc(C)cc4)n3)c(Cl)cn2)CC1. The van der Waals surface area contributed by atoms with Crippen molar-refractivity contribution in [3.8, 4) is 11.3 Å². The number of ether oxygens (including phenoxy) is 1. The van der Waals surface area contributed by atoms with E-state index in [0.29, 0.717) is 17.1 Å². The summed E-state index contributed by atoms with van der Waals surface area (Å²) in [6, 6.07) is 11.5. The number of thiazole rings is 1. The number of rotatable bonds is 10. The molecule has 0 amide bonds. The number of hydrogen-bond donors (Lipinski definition) is 3. The van der Waals surface area contributed by atoms with Gasteiger partial charge in [-0.1, -0.05) is 41.4 Å². The molecular weight excluding hydrogens is 454 g/mol. The molecular formula is C25H32ClN5OS. The lowest BCUT2D eigenvalue weighted by molar-refractivity contribution is 0.191. The van der Waals surface area contributed by atoms with Crippen LogP contribution < -0.4 is 16.0 Å². The molecule has 1 aliphatic carbocycles. The van der Waals surface area contributed by atoms with Crippen molar-refractivity contribution in [1.82, 2.24) is 15.3 Å². The standard InChI is InChI=1S/C25H32ClN5OS/c1-17-3-5-18(6-4-17)14-29-25-31-23(16-33-25)21-13-24(28-15-22(21)26)30-20-9-7-19(8-10-20)27-11-12-32-2/h3-6,13,15-16,19-20,27H,7-12,14H2,1-2H3,(H,28,30)(H,29,31). The molecule has 0 saturated heterocycles. The Balaban J connectivity index is 1.33. The van der Waals surface area contributed by atoms with Crippen LogP contribution in [0.2, 0.25) is 5.02 Å². The summed E-state index contributed by atoms with van der Waals surface area (Å²) in [5.41, 5.74) is 4.27. The van der Waals surface area contributed by atoms with Crippen LogP contribution >= 0.6 is 22.9 Å². The zero-order valence-electron chi connectivity index (χ0n) is 19.2. The summed E-state index contributed by atoms with van der Waals surface area (Å²) in [6.07, 6.45) is 6.27. The lowest BCUT2D eigenvalue weighted by atomic mass is 9.91. The quantitative estimate of drug-likeness (QED) is 0.318. The number of nitrogens with one attached hydrogen (secondary N) is 3. The first-order valence-electron chi connectivity index (χ1n) is 11.5. The van der Waals surface area contributed by atoms with Crippen molar-refractivity contribution in [2.45, 2.75) is 51.2 Å². The summed E-state index contributed by atoms with van der Waals surface area (Å²) >= 11 is 8.07. The van der Waals surface area contributed by atoms with Crippen molar-refractivity contribution >= 4 is 33.9 Å². The van der Waals surface area contributed by atoms with Gasteiger partial charge in [0.15, 0.2) is 5.13 Å². The third-order valence-corrected chi connectivity index (χ3v) is 7.12. The highest BCUT2D eigenvalue weighted by atomic mass is 35.5. The van der Waals surface area contributed by atoms with Crippen molar-refractivity contribution in [2.24, 2.45) is 0 Å². The Morgan fingerprint density at radius 1 is 1.12 bits per heavy atom. The van der Waals surface area contributed by atoms with Gasteiger partial charge in [0.25, 0.3) is 0 Å². The van der Waals surface area contributed by atoms with Crippen molar-refractivity contribution < 1.29 is 4.74 Å². The molecule has 0 spiro atoms. The van der Waals surface area contributed by atoms with E-state index in [2.05, 4.69) is 52.1 Å². The number of anilines is 2. The smallest absolute Gasteiger partial charge is 0.183 e. The highest BCUT2D eigenvalue weighted by Crippen LogP contribution is 2.32. The Kier molecular flexibility index (Phi) is 8.56. The predicted molar refractivity (Wildman–Crippen MR) is 138 cm³/mol. The number of hydrogen-bond acceptors (Lipinski definition) is 7. The summed E-state index contributed by atoms with van der Waals surface area (Å²) in [4.78, 5) is 9.27. The van der Waals surface area contributed by atoms with Gasteiger partial charge < -0.3 is 20.7 Å². The highest BCUT2D eigenvalue weighted by molar-refractivity contribution is 7.14. The topological polar surface area (TPSA) is 71.1 Å². The third-order valence-electron chi connectivity index (χ3n) is 6.02. The molecule has 0 radical (unpaired) electrons. The minimum atomic E-state index is 0.425. The summed E-state index contributed by atoms with van der Waals surface area (Å²) in [6.45, 7) is 4.51. The summed E-state index contributed by atoms with van der Waals surface area (Å²) < 4.78 is 5.13. The van der Waals surface area contributed by atoms with Crippen molar-refractivity contribution in [3.05, 3.63) is 58.1 Å². The van der Waals surface area contributed by atoms with Crippen LogP contribution in [0, 0.1) is 6.92 Å². The second kappa shape index (κ2) is 11.8. The first kappa shape index (κ1) is 24.0. The van der Waals surface area contributed by atoms with Gasteiger partial charge in [-0.25, -0.2) is 9.97 Å². The van der Waals surface area contributed by atoms with Crippen molar-refractivity contribution in [2.75, 3.05) is 30.9 Å². The van der Waals surface area contributed by atoms with Crippen LogP contribution in [-0.4, -0.2) is 42.3 Å². The number of benzene rings is 1. The van der Waals surface area contributed by atoms with Gasteiger partial charge in [-0.2, -0.15) is 0 Å². The van der Waals surface area contributed by atoms with Crippen molar-refractivity contribution in [3.63, 3.8) is 0 Å². The zero-order valence-corrected chi connectivity index (χ0v) is 20.8. The molecule has 0 aliphatic heterocycles. The van der Waals surface area contributed by atoms with Crippen molar-refractivity contribution in [1.29, 1.82) is 0 Å². The molecule has 1 aromatic carbocycles. The number of pyridine rings is 1. The van der Waals surface area contributed by atoms with E-state index in [9.17, 15) is 0 Å². The van der Waals surface area contributed by atoms with Gasteiger partial charge in [-0.15, -0.1) is 11.3 Å². The largest absolute Gasteiger partial charge is 0.383 e. The average Bonchev–Trinajstić information content (AvgIpc) is 3.30. The van der Waals surface area contributed by atoms with E-state index in [4.69, 9.17) is 21.3 Å². The lowest BCUT2D eigenvalue weighted by Gasteiger charge is -2.30. The normalized spacial score (nSPS) is 18.3. The van der Waals surface area contributed by atoms with Crippen LogP contribution in [0.4, 0.5) is 10.9 Å². The molecule has 3 aromatic rings. The molecule has 33 heavy (non-hydrogen) atoms. The molecule has 6 nitrogen and oxygen atoms in total. The molecule has 0 atom stereocenters. The number of aryl methyl sites for hydroxylation is 1. The van der Waals surface area contributed by atoms with Gasteiger partial charge in [-0.3, -0.25) is 0 Å². The Labute approximate surface area is 205 Å². The van der Waals surface area contributed by atoms with E-state index in [0.717, 1.165) is 67.6 Å². The molecule has 176 valence electrons. The fourth-order valence-electron chi connectivity index (χ4n) is 4.09. The highest BCUT2D eigenvalue weighted by Gasteiger charge is 2.21. The van der Waals surface area contributed by atoms with Crippen LogP contribution in [0.15, 0.2) is 41.9 Å². The van der Waals surface area contributed by atoms with E-state index >= 15 is 0 Å². The van der Waals surface area contributed by atoms with Gasteiger partial charge in [0.1, 0.15) is 5.82 Å².